The highest BCUT2D eigenvalue weighted by Gasteiger charge is 2.18. The summed E-state index contributed by atoms with van der Waals surface area (Å²) in [5, 5.41) is 0. The molecule has 1 heteroatoms. The Bertz CT molecular complexity index is 536. The fourth-order valence-corrected chi connectivity index (χ4v) is 2.95. The fraction of sp³-hybridized carbons (Fsp3) is 0.500. The van der Waals surface area contributed by atoms with E-state index in [2.05, 4.69) is 51.1 Å². The third-order valence-electron chi connectivity index (χ3n) is 4.13. The van der Waals surface area contributed by atoms with Crippen LogP contribution in [-0.4, -0.2) is 0 Å². The number of rotatable bonds is 8. The second-order valence-electron chi connectivity index (χ2n) is 5.86. The lowest BCUT2D eigenvalue weighted by Gasteiger charge is -2.06. The number of aryl methyl sites for hydroxylation is 2. The van der Waals surface area contributed by atoms with Crippen molar-refractivity contribution in [3.8, 4) is 11.1 Å². The Morgan fingerprint density at radius 3 is 2.24 bits per heavy atom. The van der Waals surface area contributed by atoms with E-state index < -0.39 is 0 Å². The van der Waals surface area contributed by atoms with E-state index in [0.29, 0.717) is 0 Å². The molecule has 0 unspecified atom stereocenters. The first-order valence-electron chi connectivity index (χ1n) is 8.44. The summed E-state index contributed by atoms with van der Waals surface area (Å²) < 4.78 is 6.14. The van der Waals surface area contributed by atoms with Gasteiger partial charge in [-0.1, -0.05) is 63.4 Å². The maximum Gasteiger partial charge on any atom is 0.112 e. The van der Waals surface area contributed by atoms with Crippen LogP contribution in [-0.2, 0) is 12.8 Å². The molecule has 1 heterocycles. The summed E-state index contributed by atoms with van der Waals surface area (Å²) >= 11 is 0. The number of hydrogen-bond donors (Lipinski definition) is 0. The SMILES string of the molecule is CCCCCc1oc(C)c(CCCC)c1-c1ccccc1. The quantitative estimate of drug-likeness (QED) is 0.516. The Morgan fingerprint density at radius 2 is 1.57 bits per heavy atom. The molecule has 1 nitrogen and oxygen atoms in total. The fourth-order valence-electron chi connectivity index (χ4n) is 2.95. The molecule has 0 N–H and O–H groups in total. The van der Waals surface area contributed by atoms with Gasteiger partial charge in [0, 0.05) is 17.5 Å². The average Bonchev–Trinajstić information content (AvgIpc) is 2.82. The van der Waals surface area contributed by atoms with Gasteiger partial charge in [0.05, 0.1) is 0 Å². The standard InChI is InChI=1S/C20H28O/c1-4-6-9-15-19-20(17-12-10-8-11-13-17)18(14-7-5-2)16(3)21-19/h8,10-13H,4-7,9,14-15H2,1-3H3. The Balaban J connectivity index is 2.35. The highest BCUT2D eigenvalue weighted by Crippen LogP contribution is 2.34. The molecule has 0 bridgehead atoms. The van der Waals surface area contributed by atoms with Crippen LogP contribution in [0.15, 0.2) is 34.7 Å². The van der Waals surface area contributed by atoms with E-state index in [-0.39, 0.29) is 0 Å². The van der Waals surface area contributed by atoms with Crippen molar-refractivity contribution >= 4 is 0 Å². The third kappa shape index (κ3) is 4.00. The molecule has 114 valence electrons. The first-order valence-corrected chi connectivity index (χ1v) is 8.44. The van der Waals surface area contributed by atoms with Gasteiger partial charge in [-0.15, -0.1) is 0 Å². The molecule has 0 fully saturated rings. The van der Waals surface area contributed by atoms with Gasteiger partial charge in [-0.2, -0.15) is 0 Å². The van der Waals surface area contributed by atoms with Crippen LogP contribution in [0.2, 0.25) is 0 Å². The van der Waals surface area contributed by atoms with Crippen molar-refractivity contribution in [3.63, 3.8) is 0 Å². The molecule has 0 amide bonds. The topological polar surface area (TPSA) is 13.1 Å². The third-order valence-corrected chi connectivity index (χ3v) is 4.13. The normalized spacial score (nSPS) is 11.0. The van der Waals surface area contributed by atoms with Crippen LogP contribution in [0.25, 0.3) is 11.1 Å². The lowest BCUT2D eigenvalue weighted by molar-refractivity contribution is 0.471. The van der Waals surface area contributed by atoms with Crippen molar-refractivity contribution in [1.29, 1.82) is 0 Å². The summed E-state index contributed by atoms with van der Waals surface area (Å²) in [6.07, 6.45) is 8.39. The zero-order valence-corrected chi connectivity index (χ0v) is 13.7. The smallest absolute Gasteiger partial charge is 0.112 e. The minimum Gasteiger partial charge on any atom is -0.465 e. The van der Waals surface area contributed by atoms with Crippen molar-refractivity contribution < 1.29 is 4.42 Å². The summed E-state index contributed by atoms with van der Waals surface area (Å²) in [6.45, 7) is 6.62. The van der Waals surface area contributed by atoms with Crippen molar-refractivity contribution in [1.82, 2.24) is 0 Å². The number of furan rings is 1. The van der Waals surface area contributed by atoms with Gasteiger partial charge in [-0.25, -0.2) is 0 Å². The van der Waals surface area contributed by atoms with E-state index in [9.17, 15) is 0 Å². The second-order valence-corrected chi connectivity index (χ2v) is 5.86. The van der Waals surface area contributed by atoms with E-state index in [1.807, 2.05) is 0 Å². The zero-order chi connectivity index (χ0) is 15.1. The molecule has 0 spiro atoms. The van der Waals surface area contributed by atoms with Crippen molar-refractivity contribution in [2.75, 3.05) is 0 Å². The van der Waals surface area contributed by atoms with Crippen LogP contribution in [0, 0.1) is 6.92 Å². The monoisotopic (exact) mass is 284 g/mol. The van der Waals surface area contributed by atoms with Gasteiger partial charge in [0.15, 0.2) is 0 Å². The molecule has 2 rings (SSSR count). The molecule has 0 saturated heterocycles. The molecule has 1 aromatic carbocycles. The number of unbranched alkanes of at least 4 members (excludes halogenated alkanes) is 3. The Morgan fingerprint density at radius 1 is 0.857 bits per heavy atom. The highest BCUT2D eigenvalue weighted by molar-refractivity contribution is 5.70. The molecular weight excluding hydrogens is 256 g/mol. The van der Waals surface area contributed by atoms with Crippen LogP contribution in [0.1, 0.15) is 63.0 Å². The van der Waals surface area contributed by atoms with Crippen LogP contribution in [0.5, 0.6) is 0 Å². The van der Waals surface area contributed by atoms with Crippen molar-refractivity contribution in [2.45, 2.75) is 65.7 Å². The Kier molecular flexibility index (Phi) is 6.10. The second kappa shape index (κ2) is 8.07. The van der Waals surface area contributed by atoms with E-state index in [1.54, 1.807) is 0 Å². The molecule has 0 saturated carbocycles. The van der Waals surface area contributed by atoms with Crippen LogP contribution >= 0.6 is 0 Å². The first kappa shape index (κ1) is 15.9. The lowest BCUT2D eigenvalue weighted by Crippen LogP contribution is -1.92. The lowest BCUT2D eigenvalue weighted by atomic mass is 9.95. The van der Waals surface area contributed by atoms with E-state index in [0.717, 1.165) is 18.6 Å². The van der Waals surface area contributed by atoms with Crippen molar-refractivity contribution in [2.24, 2.45) is 0 Å². The predicted molar refractivity (Wildman–Crippen MR) is 90.7 cm³/mol. The summed E-state index contributed by atoms with van der Waals surface area (Å²) in [7, 11) is 0. The average molecular weight is 284 g/mol. The van der Waals surface area contributed by atoms with Crippen LogP contribution in [0.4, 0.5) is 0 Å². The Hall–Kier alpha value is -1.50. The molecule has 0 aliphatic heterocycles. The van der Waals surface area contributed by atoms with Gasteiger partial charge in [-0.05, 0) is 31.7 Å². The molecule has 1 aromatic heterocycles. The number of benzene rings is 1. The molecule has 21 heavy (non-hydrogen) atoms. The largest absolute Gasteiger partial charge is 0.465 e. The zero-order valence-electron chi connectivity index (χ0n) is 13.7. The van der Waals surface area contributed by atoms with Gasteiger partial charge >= 0.3 is 0 Å². The van der Waals surface area contributed by atoms with Gasteiger partial charge in [-0.3, -0.25) is 0 Å². The first-order chi connectivity index (χ1) is 10.3. The number of hydrogen-bond acceptors (Lipinski definition) is 1. The maximum absolute atomic E-state index is 6.14. The van der Waals surface area contributed by atoms with Gasteiger partial charge in [0.1, 0.15) is 11.5 Å². The van der Waals surface area contributed by atoms with E-state index in [1.165, 1.54) is 54.6 Å². The predicted octanol–water partition coefficient (Wildman–Crippen LogP) is 6.33. The molecule has 0 aliphatic carbocycles. The minimum atomic E-state index is 1.06. The van der Waals surface area contributed by atoms with Crippen LogP contribution in [0.3, 0.4) is 0 Å². The van der Waals surface area contributed by atoms with Crippen LogP contribution < -0.4 is 0 Å². The summed E-state index contributed by atoms with van der Waals surface area (Å²) in [6, 6.07) is 10.7. The summed E-state index contributed by atoms with van der Waals surface area (Å²) in [4.78, 5) is 0. The molecule has 0 atom stereocenters. The molecule has 0 radical (unpaired) electrons. The summed E-state index contributed by atoms with van der Waals surface area (Å²) in [5.41, 5.74) is 4.11. The summed E-state index contributed by atoms with van der Waals surface area (Å²) in [5.74, 6) is 2.31. The van der Waals surface area contributed by atoms with Gasteiger partial charge < -0.3 is 4.42 Å². The van der Waals surface area contributed by atoms with Crippen molar-refractivity contribution in [3.05, 3.63) is 47.4 Å². The van der Waals surface area contributed by atoms with E-state index in [4.69, 9.17) is 4.42 Å². The minimum absolute atomic E-state index is 1.06. The maximum atomic E-state index is 6.14. The van der Waals surface area contributed by atoms with Gasteiger partial charge in [0.2, 0.25) is 0 Å². The molecule has 2 aromatic rings. The highest BCUT2D eigenvalue weighted by atomic mass is 16.3. The Labute approximate surface area is 129 Å². The van der Waals surface area contributed by atoms with E-state index >= 15 is 0 Å². The molecular formula is C20H28O. The van der Waals surface area contributed by atoms with Gasteiger partial charge in [0.25, 0.3) is 0 Å². The molecule has 0 aliphatic rings.